The normalized spacial score (nSPS) is 12.8. The molecular weight excluding hydrogens is 276 g/mol. The molecule has 19 heavy (non-hydrogen) atoms. The summed E-state index contributed by atoms with van der Waals surface area (Å²) in [6.45, 7) is 1.71. The summed E-state index contributed by atoms with van der Waals surface area (Å²) in [7, 11) is 0. The van der Waals surface area contributed by atoms with Gasteiger partial charge in [-0.25, -0.2) is 13.8 Å². The summed E-state index contributed by atoms with van der Waals surface area (Å²) < 4.78 is 28.5. The fourth-order valence-corrected chi connectivity index (χ4v) is 2.33. The Morgan fingerprint density at radius 3 is 2.79 bits per heavy atom. The lowest BCUT2D eigenvalue weighted by Gasteiger charge is -2.15. The van der Waals surface area contributed by atoms with Crippen LogP contribution in [-0.2, 0) is 10.7 Å². The molecule has 0 saturated carbocycles. The van der Waals surface area contributed by atoms with Gasteiger partial charge in [-0.3, -0.25) is 4.79 Å². The van der Waals surface area contributed by atoms with E-state index >= 15 is 0 Å². The molecule has 2 aromatic rings. The molecule has 1 aromatic heterocycles. The van der Waals surface area contributed by atoms with Crippen LogP contribution in [0.3, 0.4) is 0 Å². The number of imidazole rings is 1. The van der Waals surface area contributed by atoms with Crippen molar-refractivity contribution in [3.05, 3.63) is 29.6 Å². The molecule has 1 amide bonds. The third kappa shape index (κ3) is 2.53. The first kappa shape index (κ1) is 13.7. The molecule has 0 aliphatic heterocycles. The topological polar surface area (TPSA) is 60.9 Å². The zero-order chi connectivity index (χ0) is 14.2. The summed E-state index contributed by atoms with van der Waals surface area (Å²) >= 11 is 5.76. The van der Waals surface area contributed by atoms with Crippen LogP contribution in [0.1, 0.15) is 25.2 Å². The molecule has 4 nitrogen and oxygen atoms in total. The van der Waals surface area contributed by atoms with Crippen molar-refractivity contribution in [3.63, 3.8) is 0 Å². The first-order chi connectivity index (χ1) is 8.93. The van der Waals surface area contributed by atoms with Crippen LogP contribution < -0.4 is 5.73 Å². The number of nitrogens with two attached hydrogens (primary N) is 1. The van der Waals surface area contributed by atoms with Gasteiger partial charge in [0.15, 0.2) is 5.82 Å². The summed E-state index contributed by atoms with van der Waals surface area (Å²) in [5.74, 6) is -1.58. The van der Waals surface area contributed by atoms with E-state index in [1.807, 2.05) is 0 Å². The predicted octanol–water partition coefficient (Wildman–Crippen LogP) is 2.49. The van der Waals surface area contributed by atoms with Crippen molar-refractivity contribution in [1.82, 2.24) is 9.55 Å². The minimum Gasteiger partial charge on any atom is -0.370 e. The number of rotatable bonds is 4. The van der Waals surface area contributed by atoms with Crippen molar-refractivity contribution in [1.29, 1.82) is 0 Å². The zero-order valence-electron chi connectivity index (χ0n) is 10.2. The Kier molecular flexibility index (Phi) is 3.71. The molecule has 0 bridgehead atoms. The second kappa shape index (κ2) is 5.13. The number of primary amides is 1. The Morgan fingerprint density at radius 2 is 2.21 bits per heavy atom. The summed E-state index contributed by atoms with van der Waals surface area (Å²) in [5.41, 5.74) is 5.44. The molecule has 102 valence electrons. The van der Waals surface area contributed by atoms with Crippen LogP contribution in [0.2, 0.25) is 0 Å². The number of nitrogens with zero attached hydrogens (tertiary/aromatic N) is 2. The maximum Gasteiger partial charge on any atom is 0.219 e. The largest absolute Gasteiger partial charge is 0.370 e. The molecule has 0 aliphatic rings. The maximum atomic E-state index is 13.7. The second-order valence-corrected chi connectivity index (χ2v) is 4.57. The molecule has 7 heteroatoms. The van der Waals surface area contributed by atoms with Crippen LogP contribution in [0.4, 0.5) is 8.78 Å². The summed E-state index contributed by atoms with van der Waals surface area (Å²) in [4.78, 5) is 15.0. The third-order valence-corrected chi connectivity index (χ3v) is 3.08. The average molecular weight is 288 g/mol. The Bertz CT molecular complexity index is 641. The quantitative estimate of drug-likeness (QED) is 0.878. The highest BCUT2D eigenvalue weighted by molar-refractivity contribution is 6.16. The van der Waals surface area contributed by atoms with Gasteiger partial charge in [0.25, 0.3) is 0 Å². The molecule has 0 saturated heterocycles. The van der Waals surface area contributed by atoms with Gasteiger partial charge in [-0.15, -0.1) is 11.6 Å². The van der Waals surface area contributed by atoms with Gasteiger partial charge in [-0.1, -0.05) is 0 Å². The van der Waals surface area contributed by atoms with Gasteiger partial charge in [-0.05, 0) is 13.0 Å². The minimum atomic E-state index is -0.758. The zero-order valence-corrected chi connectivity index (χ0v) is 10.9. The number of halogens is 3. The van der Waals surface area contributed by atoms with Gasteiger partial charge in [-0.2, -0.15) is 0 Å². The number of hydrogen-bond acceptors (Lipinski definition) is 2. The lowest BCUT2D eigenvalue weighted by Crippen LogP contribution is -2.18. The van der Waals surface area contributed by atoms with Crippen LogP contribution in [0, 0.1) is 11.6 Å². The van der Waals surface area contributed by atoms with E-state index in [0.29, 0.717) is 5.82 Å². The molecule has 0 radical (unpaired) electrons. The standard InChI is InChI=1S/C12H12ClF2N3O/c1-6(2-10(16)19)18-9-4-7(14)3-8(15)12(9)17-11(18)5-13/h3-4,6H,2,5H2,1H3,(H2,16,19). The van der Waals surface area contributed by atoms with Gasteiger partial charge < -0.3 is 10.3 Å². The van der Waals surface area contributed by atoms with Crippen molar-refractivity contribution in [3.8, 4) is 0 Å². The van der Waals surface area contributed by atoms with Crippen molar-refractivity contribution in [2.45, 2.75) is 25.3 Å². The van der Waals surface area contributed by atoms with Crippen molar-refractivity contribution in [2.75, 3.05) is 0 Å². The van der Waals surface area contributed by atoms with Crippen LogP contribution in [0.15, 0.2) is 12.1 Å². The van der Waals surface area contributed by atoms with Gasteiger partial charge in [0.2, 0.25) is 5.91 Å². The molecule has 0 spiro atoms. The number of hydrogen-bond donors (Lipinski definition) is 1. The summed E-state index contributed by atoms with van der Waals surface area (Å²) in [6.07, 6.45) is 0.0352. The highest BCUT2D eigenvalue weighted by atomic mass is 35.5. The van der Waals surface area contributed by atoms with E-state index < -0.39 is 17.5 Å². The van der Waals surface area contributed by atoms with Gasteiger partial charge in [0.1, 0.15) is 17.2 Å². The van der Waals surface area contributed by atoms with E-state index in [9.17, 15) is 13.6 Å². The number of carbonyl (C=O) groups is 1. The first-order valence-corrected chi connectivity index (χ1v) is 6.17. The Balaban J connectivity index is 2.66. The summed E-state index contributed by atoms with van der Waals surface area (Å²) in [6, 6.07) is 1.55. The Hall–Kier alpha value is -1.69. The molecular formula is C12H12ClF2N3O. The third-order valence-electron chi connectivity index (χ3n) is 2.84. The summed E-state index contributed by atoms with van der Waals surface area (Å²) in [5, 5.41) is 0. The molecule has 2 rings (SSSR count). The lowest BCUT2D eigenvalue weighted by molar-refractivity contribution is -0.118. The van der Waals surface area contributed by atoms with Crippen LogP contribution in [0.25, 0.3) is 11.0 Å². The van der Waals surface area contributed by atoms with Gasteiger partial charge >= 0.3 is 0 Å². The molecule has 0 aliphatic carbocycles. The number of fused-ring (bicyclic) bond motifs is 1. The van der Waals surface area contributed by atoms with Crippen LogP contribution in [0.5, 0.6) is 0 Å². The molecule has 1 unspecified atom stereocenters. The van der Waals surface area contributed by atoms with E-state index in [1.54, 1.807) is 11.5 Å². The lowest BCUT2D eigenvalue weighted by atomic mass is 10.2. The Morgan fingerprint density at radius 1 is 1.53 bits per heavy atom. The maximum absolute atomic E-state index is 13.7. The highest BCUT2D eigenvalue weighted by Gasteiger charge is 2.19. The number of aromatic nitrogens is 2. The molecule has 1 atom stereocenters. The van der Waals surface area contributed by atoms with Crippen molar-refractivity contribution >= 4 is 28.5 Å². The van der Waals surface area contributed by atoms with Crippen molar-refractivity contribution in [2.24, 2.45) is 5.73 Å². The number of amides is 1. The van der Waals surface area contributed by atoms with Crippen molar-refractivity contribution < 1.29 is 13.6 Å². The molecule has 1 heterocycles. The molecule has 0 fully saturated rings. The highest BCUT2D eigenvalue weighted by Crippen LogP contribution is 2.26. The SMILES string of the molecule is CC(CC(N)=O)n1c(CCl)nc2c(F)cc(F)cc21. The van der Waals surface area contributed by atoms with Gasteiger partial charge in [0, 0.05) is 18.5 Å². The van der Waals surface area contributed by atoms with E-state index in [4.69, 9.17) is 17.3 Å². The van der Waals surface area contributed by atoms with Crippen LogP contribution >= 0.6 is 11.6 Å². The van der Waals surface area contributed by atoms with Crippen LogP contribution in [-0.4, -0.2) is 15.5 Å². The fourth-order valence-electron chi connectivity index (χ4n) is 2.14. The van der Waals surface area contributed by atoms with E-state index in [0.717, 1.165) is 6.07 Å². The predicted molar refractivity (Wildman–Crippen MR) is 67.7 cm³/mol. The monoisotopic (exact) mass is 287 g/mol. The van der Waals surface area contributed by atoms with E-state index in [1.165, 1.54) is 6.07 Å². The smallest absolute Gasteiger partial charge is 0.219 e. The molecule has 2 N–H and O–H groups in total. The fraction of sp³-hybridized carbons (Fsp3) is 0.333. The van der Waals surface area contributed by atoms with Gasteiger partial charge in [0.05, 0.1) is 11.4 Å². The van der Waals surface area contributed by atoms with E-state index in [2.05, 4.69) is 4.98 Å². The molecule has 1 aromatic carbocycles. The number of carbonyl (C=O) groups excluding carboxylic acids is 1. The Labute approximate surface area is 113 Å². The first-order valence-electron chi connectivity index (χ1n) is 5.64. The minimum absolute atomic E-state index is 0.0266. The van der Waals surface area contributed by atoms with E-state index in [-0.39, 0.29) is 29.4 Å². The second-order valence-electron chi connectivity index (χ2n) is 4.31. The average Bonchev–Trinajstić information content (AvgIpc) is 2.66. The number of alkyl halides is 1. The number of benzene rings is 1.